The summed E-state index contributed by atoms with van der Waals surface area (Å²) in [5.41, 5.74) is 0. The van der Waals surface area contributed by atoms with Crippen LogP contribution < -0.4 is 14.8 Å². The number of hydrogen-bond donors (Lipinski definition) is 2. The Morgan fingerprint density at radius 1 is 1.29 bits per heavy atom. The van der Waals surface area contributed by atoms with Gasteiger partial charge >= 0.3 is 0 Å². The fourth-order valence-electron chi connectivity index (χ4n) is 1.59. The number of sulfonamides is 1. The molecule has 21 heavy (non-hydrogen) atoms. The van der Waals surface area contributed by atoms with Gasteiger partial charge in [0.25, 0.3) is 0 Å². The Bertz CT molecular complexity index is 555. The van der Waals surface area contributed by atoms with Crippen molar-refractivity contribution in [2.75, 3.05) is 13.7 Å². The van der Waals surface area contributed by atoms with Gasteiger partial charge in [-0.2, -0.15) is 0 Å². The fraction of sp³-hybridized carbons (Fsp3) is 0.500. The molecule has 1 rings (SSSR count). The quantitative estimate of drug-likeness (QED) is 0.757. The number of rotatable bonds is 8. The molecule has 7 heteroatoms. The number of carbonyl (C=O) groups is 1. The number of amides is 1. The van der Waals surface area contributed by atoms with E-state index in [9.17, 15) is 13.2 Å². The van der Waals surface area contributed by atoms with Crippen LogP contribution in [0.3, 0.4) is 0 Å². The predicted molar refractivity (Wildman–Crippen MR) is 80.7 cm³/mol. The van der Waals surface area contributed by atoms with Gasteiger partial charge in [-0.1, -0.05) is 6.92 Å². The number of methoxy groups -OCH3 is 1. The minimum absolute atomic E-state index is 0.0661. The van der Waals surface area contributed by atoms with Crippen LogP contribution in [0.15, 0.2) is 29.2 Å². The second-order valence-corrected chi connectivity index (χ2v) is 6.47. The molecule has 0 aliphatic rings. The molecule has 0 saturated carbocycles. The highest BCUT2D eigenvalue weighted by Crippen LogP contribution is 2.15. The topological polar surface area (TPSA) is 84.5 Å². The number of carbonyl (C=O) groups excluding carboxylic acids is 1. The first-order valence-corrected chi connectivity index (χ1v) is 8.30. The van der Waals surface area contributed by atoms with Crippen LogP contribution in [-0.4, -0.2) is 34.0 Å². The van der Waals surface area contributed by atoms with E-state index >= 15 is 0 Å². The first-order valence-electron chi connectivity index (χ1n) is 6.82. The molecule has 0 bridgehead atoms. The van der Waals surface area contributed by atoms with Gasteiger partial charge in [-0.25, -0.2) is 13.1 Å². The molecule has 1 aromatic carbocycles. The van der Waals surface area contributed by atoms with E-state index < -0.39 is 10.0 Å². The Hall–Kier alpha value is -1.60. The molecule has 1 aromatic rings. The number of nitrogens with one attached hydrogen (secondary N) is 2. The van der Waals surface area contributed by atoms with E-state index in [2.05, 4.69) is 10.0 Å². The van der Waals surface area contributed by atoms with Crippen molar-refractivity contribution >= 4 is 15.9 Å². The van der Waals surface area contributed by atoms with Crippen LogP contribution in [0, 0.1) is 0 Å². The minimum Gasteiger partial charge on any atom is -0.497 e. The van der Waals surface area contributed by atoms with Crippen molar-refractivity contribution in [2.24, 2.45) is 0 Å². The van der Waals surface area contributed by atoms with E-state index in [0.717, 1.165) is 6.42 Å². The van der Waals surface area contributed by atoms with Crippen molar-refractivity contribution in [3.63, 3.8) is 0 Å². The maximum absolute atomic E-state index is 12.0. The molecular weight excluding hydrogens is 292 g/mol. The highest BCUT2D eigenvalue weighted by atomic mass is 32.2. The summed E-state index contributed by atoms with van der Waals surface area (Å²) in [6.07, 6.45) is 0.947. The summed E-state index contributed by atoms with van der Waals surface area (Å²) in [7, 11) is -2.09. The lowest BCUT2D eigenvalue weighted by atomic mass is 10.2. The molecule has 1 amide bonds. The van der Waals surface area contributed by atoms with E-state index in [0.29, 0.717) is 5.75 Å². The third-order valence-electron chi connectivity index (χ3n) is 3.03. The summed E-state index contributed by atoms with van der Waals surface area (Å²) in [5.74, 6) is 0.420. The molecule has 0 radical (unpaired) electrons. The molecule has 2 N–H and O–H groups in total. The molecule has 0 heterocycles. The Balaban J connectivity index is 2.51. The second-order valence-electron chi connectivity index (χ2n) is 4.70. The smallest absolute Gasteiger partial charge is 0.240 e. The summed E-state index contributed by atoms with van der Waals surface area (Å²) < 4.78 is 31.4. The second kappa shape index (κ2) is 7.99. The van der Waals surface area contributed by atoms with Gasteiger partial charge in [0.15, 0.2) is 0 Å². The predicted octanol–water partition coefficient (Wildman–Crippen LogP) is 1.28. The molecule has 0 aliphatic heterocycles. The van der Waals surface area contributed by atoms with Crippen molar-refractivity contribution in [2.45, 2.75) is 37.6 Å². The largest absolute Gasteiger partial charge is 0.497 e. The molecule has 1 atom stereocenters. The molecule has 0 fully saturated rings. The summed E-state index contributed by atoms with van der Waals surface area (Å²) in [4.78, 5) is 11.7. The number of benzene rings is 1. The standard InChI is InChI=1S/C14H22N2O4S/c1-4-11(2)16-14(17)9-10-15-21(18,19)13-7-5-12(20-3)6-8-13/h5-8,11,15H,4,9-10H2,1-3H3,(H,16,17). The summed E-state index contributed by atoms with van der Waals surface area (Å²) in [5, 5.41) is 2.78. The maximum atomic E-state index is 12.0. The van der Waals surface area contributed by atoms with Gasteiger partial charge in [0, 0.05) is 19.0 Å². The van der Waals surface area contributed by atoms with Crippen LogP contribution in [0.1, 0.15) is 26.7 Å². The van der Waals surface area contributed by atoms with E-state index in [1.54, 1.807) is 12.1 Å². The number of hydrogen-bond acceptors (Lipinski definition) is 4. The highest BCUT2D eigenvalue weighted by molar-refractivity contribution is 7.89. The minimum atomic E-state index is -3.60. The average molecular weight is 314 g/mol. The highest BCUT2D eigenvalue weighted by Gasteiger charge is 2.14. The Kier molecular flexibility index (Phi) is 6.64. The summed E-state index contributed by atoms with van der Waals surface area (Å²) in [6, 6.07) is 6.16. The van der Waals surface area contributed by atoms with Gasteiger partial charge in [0.1, 0.15) is 5.75 Å². The van der Waals surface area contributed by atoms with Gasteiger partial charge in [-0.15, -0.1) is 0 Å². The molecule has 118 valence electrons. The number of ether oxygens (including phenoxy) is 1. The van der Waals surface area contributed by atoms with E-state index in [1.807, 2.05) is 13.8 Å². The first-order chi connectivity index (χ1) is 9.89. The van der Waals surface area contributed by atoms with Crippen LogP contribution >= 0.6 is 0 Å². The van der Waals surface area contributed by atoms with E-state index in [1.165, 1.54) is 19.2 Å². The van der Waals surface area contributed by atoms with Gasteiger partial charge in [0.2, 0.25) is 15.9 Å². The van der Waals surface area contributed by atoms with Crippen LogP contribution in [0.5, 0.6) is 5.75 Å². The Morgan fingerprint density at radius 2 is 1.90 bits per heavy atom. The Morgan fingerprint density at radius 3 is 2.43 bits per heavy atom. The van der Waals surface area contributed by atoms with Crippen molar-refractivity contribution < 1.29 is 17.9 Å². The monoisotopic (exact) mass is 314 g/mol. The lowest BCUT2D eigenvalue weighted by molar-refractivity contribution is -0.121. The lowest BCUT2D eigenvalue weighted by Gasteiger charge is -2.11. The molecule has 0 spiro atoms. The van der Waals surface area contributed by atoms with Gasteiger partial charge in [-0.3, -0.25) is 4.79 Å². The van der Waals surface area contributed by atoms with Crippen LogP contribution in [0.2, 0.25) is 0 Å². The normalized spacial score (nSPS) is 12.7. The zero-order chi connectivity index (χ0) is 15.9. The lowest BCUT2D eigenvalue weighted by Crippen LogP contribution is -2.35. The van der Waals surface area contributed by atoms with Crippen LogP contribution in [0.25, 0.3) is 0 Å². The Labute approximate surface area is 125 Å². The maximum Gasteiger partial charge on any atom is 0.240 e. The van der Waals surface area contributed by atoms with E-state index in [-0.39, 0.29) is 29.8 Å². The van der Waals surface area contributed by atoms with E-state index in [4.69, 9.17) is 4.74 Å². The molecule has 0 aliphatic carbocycles. The molecule has 0 aromatic heterocycles. The zero-order valence-corrected chi connectivity index (χ0v) is 13.4. The van der Waals surface area contributed by atoms with Crippen LogP contribution in [-0.2, 0) is 14.8 Å². The third kappa shape index (κ3) is 5.73. The summed E-state index contributed by atoms with van der Waals surface area (Å²) >= 11 is 0. The molecule has 0 saturated heterocycles. The summed E-state index contributed by atoms with van der Waals surface area (Å²) in [6.45, 7) is 3.94. The molecule has 1 unspecified atom stereocenters. The van der Waals surface area contributed by atoms with Crippen molar-refractivity contribution in [3.05, 3.63) is 24.3 Å². The van der Waals surface area contributed by atoms with Gasteiger partial charge < -0.3 is 10.1 Å². The molecular formula is C14H22N2O4S. The average Bonchev–Trinajstić information content (AvgIpc) is 2.46. The first kappa shape index (κ1) is 17.5. The zero-order valence-electron chi connectivity index (χ0n) is 12.5. The third-order valence-corrected chi connectivity index (χ3v) is 4.51. The van der Waals surface area contributed by atoms with Gasteiger partial charge in [0.05, 0.1) is 12.0 Å². The fourth-order valence-corrected chi connectivity index (χ4v) is 2.62. The molecule has 6 nitrogen and oxygen atoms in total. The SMILES string of the molecule is CCC(C)NC(=O)CCNS(=O)(=O)c1ccc(OC)cc1. The van der Waals surface area contributed by atoms with Crippen molar-refractivity contribution in [1.29, 1.82) is 0 Å². The van der Waals surface area contributed by atoms with Crippen molar-refractivity contribution in [3.8, 4) is 5.75 Å². The van der Waals surface area contributed by atoms with Crippen LogP contribution in [0.4, 0.5) is 0 Å². The van der Waals surface area contributed by atoms with Gasteiger partial charge in [-0.05, 0) is 37.6 Å². The van der Waals surface area contributed by atoms with Crippen molar-refractivity contribution in [1.82, 2.24) is 10.0 Å².